The molecule has 0 atom stereocenters. The van der Waals surface area contributed by atoms with Crippen molar-refractivity contribution in [1.82, 2.24) is 9.55 Å². The van der Waals surface area contributed by atoms with Crippen LogP contribution in [-0.2, 0) is 0 Å². The van der Waals surface area contributed by atoms with Crippen LogP contribution in [0.4, 0.5) is 0 Å². The second-order valence-corrected chi connectivity index (χ2v) is 6.60. The average molecular weight is 311 g/mol. The molecule has 0 bridgehead atoms. The Morgan fingerprint density at radius 2 is 1.77 bits per heavy atom. The zero-order valence-electron chi connectivity index (χ0n) is 12.5. The molecule has 0 radical (unpaired) electrons. The zero-order valence-corrected chi connectivity index (χ0v) is 13.3. The fraction of sp³-hybridized carbons (Fsp3) is 0.316. The number of rotatable bonds is 2. The first-order valence-corrected chi connectivity index (χ1v) is 8.41. The maximum atomic E-state index is 6.02. The number of hydrogen-bond acceptors (Lipinski definition) is 1. The van der Waals surface area contributed by atoms with Gasteiger partial charge in [-0.3, -0.25) is 4.98 Å². The van der Waals surface area contributed by atoms with Crippen molar-refractivity contribution in [2.75, 3.05) is 0 Å². The second kappa shape index (κ2) is 5.77. The van der Waals surface area contributed by atoms with E-state index >= 15 is 0 Å². The van der Waals surface area contributed by atoms with Gasteiger partial charge in [0, 0.05) is 28.5 Å². The van der Waals surface area contributed by atoms with Gasteiger partial charge in [0.25, 0.3) is 0 Å². The largest absolute Gasteiger partial charge is 0.315 e. The molecule has 0 N–H and O–H groups in total. The van der Waals surface area contributed by atoms with Crippen LogP contribution < -0.4 is 0 Å². The number of pyridine rings is 1. The normalized spacial score (nSPS) is 16.2. The van der Waals surface area contributed by atoms with E-state index in [1.54, 1.807) is 0 Å². The smallest absolute Gasteiger partial charge is 0.0715 e. The molecule has 1 aliphatic carbocycles. The molecular weight excluding hydrogens is 292 g/mol. The Hall–Kier alpha value is -1.80. The Labute approximate surface area is 135 Å². The zero-order chi connectivity index (χ0) is 14.9. The second-order valence-electron chi connectivity index (χ2n) is 6.16. The van der Waals surface area contributed by atoms with Crippen molar-refractivity contribution in [3.05, 3.63) is 59.5 Å². The van der Waals surface area contributed by atoms with Crippen LogP contribution >= 0.6 is 11.6 Å². The van der Waals surface area contributed by atoms with Crippen LogP contribution in [0.25, 0.3) is 16.6 Å². The van der Waals surface area contributed by atoms with Crippen molar-refractivity contribution < 1.29 is 0 Å². The van der Waals surface area contributed by atoms with E-state index in [0.717, 1.165) is 10.7 Å². The molecular formula is C19H19ClN2. The summed E-state index contributed by atoms with van der Waals surface area (Å²) < 4.78 is 2.25. The van der Waals surface area contributed by atoms with Crippen molar-refractivity contribution in [3.8, 4) is 5.69 Å². The van der Waals surface area contributed by atoms with Gasteiger partial charge in [-0.25, -0.2) is 0 Å². The lowest BCUT2D eigenvalue weighted by Gasteiger charge is -2.21. The van der Waals surface area contributed by atoms with E-state index in [-0.39, 0.29) is 0 Å². The van der Waals surface area contributed by atoms with Gasteiger partial charge in [0.2, 0.25) is 0 Å². The van der Waals surface area contributed by atoms with Gasteiger partial charge in [-0.2, -0.15) is 0 Å². The van der Waals surface area contributed by atoms with Crippen LogP contribution in [-0.4, -0.2) is 9.55 Å². The Bertz CT molecular complexity index is 783. The molecule has 112 valence electrons. The van der Waals surface area contributed by atoms with Crippen LogP contribution in [0, 0.1) is 0 Å². The average Bonchev–Trinajstić information content (AvgIpc) is 2.96. The molecule has 3 heteroatoms. The Morgan fingerprint density at radius 1 is 1.00 bits per heavy atom. The predicted octanol–water partition coefficient (Wildman–Crippen LogP) is 5.73. The molecule has 2 aromatic heterocycles. The van der Waals surface area contributed by atoms with Crippen molar-refractivity contribution in [2.24, 2.45) is 0 Å². The van der Waals surface area contributed by atoms with Crippen molar-refractivity contribution >= 4 is 22.5 Å². The topological polar surface area (TPSA) is 17.8 Å². The minimum atomic E-state index is 0.687. The highest BCUT2D eigenvalue weighted by molar-refractivity contribution is 6.30. The standard InChI is InChI=1S/C19H19ClN2/c20-15-6-8-16(9-7-15)22-13-18(14-4-2-1-3-5-14)17-10-11-21-12-19(17)22/h6-14H,1-5H2. The summed E-state index contributed by atoms with van der Waals surface area (Å²) >= 11 is 6.02. The molecule has 1 fully saturated rings. The first-order chi connectivity index (χ1) is 10.8. The number of hydrogen-bond donors (Lipinski definition) is 0. The van der Waals surface area contributed by atoms with Gasteiger partial charge in [-0.05, 0) is 54.7 Å². The van der Waals surface area contributed by atoms with E-state index in [1.807, 2.05) is 24.5 Å². The predicted molar refractivity (Wildman–Crippen MR) is 91.9 cm³/mol. The molecule has 2 nitrogen and oxygen atoms in total. The van der Waals surface area contributed by atoms with E-state index in [4.69, 9.17) is 11.6 Å². The summed E-state index contributed by atoms with van der Waals surface area (Å²) in [7, 11) is 0. The SMILES string of the molecule is Clc1ccc(-n2cc(C3CCCCC3)c3ccncc32)cc1. The summed E-state index contributed by atoms with van der Waals surface area (Å²) in [5.74, 6) is 0.687. The van der Waals surface area contributed by atoms with E-state index < -0.39 is 0 Å². The van der Waals surface area contributed by atoms with Crippen molar-refractivity contribution in [1.29, 1.82) is 0 Å². The lowest BCUT2D eigenvalue weighted by molar-refractivity contribution is 0.445. The fourth-order valence-electron chi connectivity index (χ4n) is 3.65. The van der Waals surface area contributed by atoms with Gasteiger partial charge in [-0.15, -0.1) is 0 Å². The number of benzene rings is 1. The molecule has 0 amide bonds. The van der Waals surface area contributed by atoms with Crippen molar-refractivity contribution in [3.63, 3.8) is 0 Å². The summed E-state index contributed by atoms with van der Waals surface area (Å²) in [5.41, 5.74) is 3.81. The van der Waals surface area contributed by atoms with E-state index in [0.29, 0.717) is 5.92 Å². The number of nitrogens with zero attached hydrogens (tertiary/aromatic N) is 2. The number of aromatic nitrogens is 2. The highest BCUT2D eigenvalue weighted by atomic mass is 35.5. The van der Waals surface area contributed by atoms with Crippen LogP contribution in [0.3, 0.4) is 0 Å². The van der Waals surface area contributed by atoms with E-state index in [9.17, 15) is 0 Å². The lowest BCUT2D eigenvalue weighted by atomic mass is 9.84. The van der Waals surface area contributed by atoms with Gasteiger partial charge < -0.3 is 4.57 Å². The van der Waals surface area contributed by atoms with Gasteiger partial charge in [0.15, 0.2) is 0 Å². The first-order valence-electron chi connectivity index (χ1n) is 8.04. The molecule has 3 aromatic rings. The van der Waals surface area contributed by atoms with Gasteiger partial charge >= 0.3 is 0 Å². The maximum Gasteiger partial charge on any atom is 0.0715 e. The molecule has 2 heterocycles. The molecule has 0 unspecified atom stereocenters. The summed E-state index contributed by atoms with van der Waals surface area (Å²) in [4.78, 5) is 4.33. The Balaban J connectivity index is 1.86. The summed E-state index contributed by atoms with van der Waals surface area (Å²) in [5, 5.41) is 2.11. The van der Waals surface area contributed by atoms with Crippen LogP contribution in [0.1, 0.15) is 43.6 Å². The number of fused-ring (bicyclic) bond motifs is 1. The quantitative estimate of drug-likeness (QED) is 0.591. The third kappa shape index (κ3) is 2.42. The molecule has 0 spiro atoms. The minimum absolute atomic E-state index is 0.687. The molecule has 4 rings (SSSR count). The van der Waals surface area contributed by atoms with Crippen LogP contribution in [0.5, 0.6) is 0 Å². The summed E-state index contributed by atoms with van der Waals surface area (Å²) in [6.07, 6.45) is 12.9. The highest BCUT2D eigenvalue weighted by Gasteiger charge is 2.20. The van der Waals surface area contributed by atoms with Gasteiger partial charge in [0.05, 0.1) is 11.7 Å². The fourth-order valence-corrected chi connectivity index (χ4v) is 3.78. The number of halogens is 1. The molecule has 1 saturated carbocycles. The van der Waals surface area contributed by atoms with Crippen molar-refractivity contribution in [2.45, 2.75) is 38.0 Å². The molecule has 0 saturated heterocycles. The van der Waals surface area contributed by atoms with Crippen LogP contribution in [0.15, 0.2) is 48.9 Å². The first kappa shape index (κ1) is 13.8. The monoisotopic (exact) mass is 310 g/mol. The summed E-state index contributed by atoms with van der Waals surface area (Å²) in [6, 6.07) is 10.2. The Kier molecular flexibility index (Phi) is 3.63. The molecule has 22 heavy (non-hydrogen) atoms. The van der Waals surface area contributed by atoms with Gasteiger partial charge in [0.1, 0.15) is 0 Å². The lowest BCUT2D eigenvalue weighted by Crippen LogP contribution is -2.03. The van der Waals surface area contributed by atoms with Gasteiger partial charge in [-0.1, -0.05) is 30.9 Å². The molecule has 1 aromatic carbocycles. The Morgan fingerprint density at radius 3 is 2.55 bits per heavy atom. The summed E-state index contributed by atoms with van der Waals surface area (Å²) in [6.45, 7) is 0. The van der Waals surface area contributed by atoms with Crippen LogP contribution in [0.2, 0.25) is 5.02 Å². The van der Waals surface area contributed by atoms with E-state index in [2.05, 4.69) is 33.9 Å². The third-order valence-electron chi connectivity index (χ3n) is 4.79. The highest BCUT2D eigenvalue weighted by Crippen LogP contribution is 2.38. The molecule has 1 aliphatic rings. The minimum Gasteiger partial charge on any atom is -0.315 e. The molecule has 0 aliphatic heterocycles. The third-order valence-corrected chi connectivity index (χ3v) is 5.04. The van der Waals surface area contributed by atoms with E-state index in [1.165, 1.54) is 48.6 Å². The maximum absolute atomic E-state index is 6.02.